The summed E-state index contributed by atoms with van der Waals surface area (Å²) in [6.07, 6.45) is 1.77. The van der Waals surface area contributed by atoms with Gasteiger partial charge in [0.05, 0.1) is 17.6 Å². The molecule has 3 aromatic rings. The molecule has 2 aromatic heterocycles. The van der Waals surface area contributed by atoms with Gasteiger partial charge in [-0.25, -0.2) is 4.98 Å². The van der Waals surface area contributed by atoms with Crippen molar-refractivity contribution in [2.45, 2.75) is 26.9 Å². The molecule has 0 amide bonds. The van der Waals surface area contributed by atoms with Crippen molar-refractivity contribution in [3.05, 3.63) is 41.7 Å². The van der Waals surface area contributed by atoms with Gasteiger partial charge in [0.2, 0.25) is 0 Å². The first-order chi connectivity index (χ1) is 10.1. The van der Waals surface area contributed by atoms with Crippen LogP contribution in [0.3, 0.4) is 0 Å². The van der Waals surface area contributed by atoms with Crippen LogP contribution in [0.25, 0.3) is 11.0 Å². The van der Waals surface area contributed by atoms with Crippen molar-refractivity contribution in [2.75, 3.05) is 13.6 Å². The Bertz CT molecular complexity index is 742. The average molecular weight is 284 g/mol. The maximum Gasteiger partial charge on any atom is 0.129 e. The second kappa shape index (κ2) is 5.65. The first-order valence-corrected chi connectivity index (χ1v) is 7.10. The molecule has 0 atom stereocenters. The Kier molecular flexibility index (Phi) is 3.70. The minimum absolute atomic E-state index is 0.800. The van der Waals surface area contributed by atoms with Crippen LogP contribution in [-0.2, 0) is 13.1 Å². The van der Waals surface area contributed by atoms with E-state index in [1.165, 1.54) is 5.56 Å². The molecule has 2 heterocycles. The number of hydrogen-bond acceptors (Lipinski definition) is 4. The summed E-state index contributed by atoms with van der Waals surface area (Å²) in [4.78, 5) is 10.3. The number of likely N-dealkylation sites (N-methyl/N-ethyl adjacent to an activating group) is 1. The van der Waals surface area contributed by atoms with Crippen LogP contribution >= 0.6 is 0 Å². The maximum atomic E-state index is 4.63. The van der Waals surface area contributed by atoms with Gasteiger partial charge in [-0.15, -0.1) is 10.2 Å². The fourth-order valence-corrected chi connectivity index (χ4v) is 2.40. The highest BCUT2D eigenvalue weighted by Crippen LogP contribution is 2.14. The Labute approximate surface area is 123 Å². The number of nitrogens with zero attached hydrogens (tertiary/aromatic N) is 5. The summed E-state index contributed by atoms with van der Waals surface area (Å²) in [6, 6.07) is 6.28. The summed E-state index contributed by atoms with van der Waals surface area (Å²) in [5.41, 5.74) is 3.38. The van der Waals surface area contributed by atoms with Gasteiger partial charge in [-0.05, 0) is 38.6 Å². The van der Waals surface area contributed by atoms with E-state index in [2.05, 4.69) is 61.8 Å². The average Bonchev–Trinajstić information content (AvgIpc) is 3.01. The summed E-state index contributed by atoms with van der Waals surface area (Å²) in [6.45, 7) is 6.67. The van der Waals surface area contributed by atoms with Gasteiger partial charge in [0.25, 0.3) is 0 Å². The van der Waals surface area contributed by atoms with E-state index < -0.39 is 0 Å². The van der Waals surface area contributed by atoms with Crippen molar-refractivity contribution in [3.63, 3.8) is 0 Å². The van der Waals surface area contributed by atoms with E-state index in [1.807, 2.05) is 6.92 Å². The standard InChI is InChI=1S/C15H20N6/c1-11-4-5-13-14(8-11)18-15(17-13)9-20(3)6-7-21-10-16-19-12(21)2/h4-5,8,10H,6-7,9H2,1-3H3,(H,17,18). The van der Waals surface area contributed by atoms with Crippen molar-refractivity contribution in [1.82, 2.24) is 29.6 Å². The molecule has 6 heteroatoms. The largest absolute Gasteiger partial charge is 0.341 e. The quantitative estimate of drug-likeness (QED) is 0.777. The number of hydrogen-bond donors (Lipinski definition) is 1. The topological polar surface area (TPSA) is 62.6 Å². The van der Waals surface area contributed by atoms with Gasteiger partial charge < -0.3 is 9.55 Å². The van der Waals surface area contributed by atoms with Crippen LogP contribution in [0.2, 0.25) is 0 Å². The van der Waals surface area contributed by atoms with Gasteiger partial charge in [0, 0.05) is 13.1 Å². The molecule has 0 bridgehead atoms. The van der Waals surface area contributed by atoms with Crippen molar-refractivity contribution in [3.8, 4) is 0 Å². The van der Waals surface area contributed by atoms with E-state index in [9.17, 15) is 0 Å². The van der Waals surface area contributed by atoms with Crippen molar-refractivity contribution in [1.29, 1.82) is 0 Å². The fraction of sp³-hybridized carbons (Fsp3) is 0.400. The number of nitrogens with one attached hydrogen (secondary N) is 1. The Hall–Kier alpha value is -2.21. The molecule has 0 spiro atoms. The number of imidazole rings is 1. The van der Waals surface area contributed by atoms with Crippen molar-refractivity contribution in [2.24, 2.45) is 0 Å². The van der Waals surface area contributed by atoms with E-state index >= 15 is 0 Å². The molecule has 21 heavy (non-hydrogen) atoms. The minimum Gasteiger partial charge on any atom is -0.341 e. The lowest BCUT2D eigenvalue weighted by atomic mass is 10.2. The van der Waals surface area contributed by atoms with Gasteiger partial charge in [-0.2, -0.15) is 0 Å². The van der Waals surface area contributed by atoms with E-state index in [1.54, 1.807) is 6.33 Å². The third-order valence-corrected chi connectivity index (χ3v) is 3.64. The van der Waals surface area contributed by atoms with Crippen LogP contribution < -0.4 is 0 Å². The number of benzene rings is 1. The van der Waals surface area contributed by atoms with Gasteiger partial charge in [0.1, 0.15) is 18.0 Å². The molecule has 0 aliphatic carbocycles. The minimum atomic E-state index is 0.800. The summed E-state index contributed by atoms with van der Waals surface area (Å²) >= 11 is 0. The highest BCUT2D eigenvalue weighted by molar-refractivity contribution is 5.75. The molecule has 0 aliphatic heterocycles. The number of aryl methyl sites for hydroxylation is 2. The molecule has 0 radical (unpaired) electrons. The lowest BCUT2D eigenvalue weighted by Crippen LogP contribution is -2.23. The first-order valence-electron chi connectivity index (χ1n) is 7.10. The summed E-state index contributed by atoms with van der Waals surface area (Å²) in [7, 11) is 2.10. The molecule has 0 unspecified atom stereocenters. The third kappa shape index (κ3) is 3.11. The molecule has 110 valence electrons. The van der Waals surface area contributed by atoms with Crippen LogP contribution in [0, 0.1) is 13.8 Å². The maximum absolute atomic E-state index is 4.63. The molecule has 0 aliphatic rings. The summed E-state index contributed by atoms with van der Waals surface area (Å²) < 4.78 is 2.05. The SMILES string of the molecule is Cc1ccc2nc(CN(C)CCn3cnnc3C)[nH]c2c1. The van der Waals surface area contributed by atoms with Crippen LogP contribution in [0.15, 0.2) is 24.5 Å². The molecular formula is C15H20N6. The van der Waals surface area contributed by atoms with Crippen LogP contribution in [0.4, 0.5) is 0 Å². The Balaban J connectivity index is 1.63. The van der Waals surface area contributed by atoms with E-state index in [-0.39, 0.29) is 0 Å². The van der Waals surface area contributed by atoms with Crippen LogP contribution in [0.5, 0.6) is 0 Å². The van der Waals surface area contributed by atoms with E-state index in [0.29, 0.717) is 0 Å². The normalized spacial score (nSPS) is 11.6. The lowest BCUT2D eigenvalue weighted by molar-refractivity contribution is 0.304. The molecule has 0 saturated carbocycles. The molecule has 0 fully saturated rings. The zero-order chi connectivity index (χ0) is 14.8. The zero-order valence-corrected chi connectivity index (χ0v) is 12.7. The number of rotatable bonds is 5. The molecule has 3 rings (SSSR count). The summed E-state index contributed by atoms with van der Waals surface area (Å²) in [5.74, 6) is 1.95. The van der Waals surface area contributed by atoms with E-state index in [4.69, 9.17) is 0 Å². The zero-order valence-electron chi connectivity index (χ0n) is 12.7. The third-order valence-electron chi connectivity index (χ3n) is 3.64. The Morgan fingerprint density at radius 2 is 2.14 bits per heavy atom. The highest BCUT2D eigenvalue weighted by atomic mass is 15.3. The van der Waals surface area contributed by atoms with Crippen LogP contribution in [-0.4, -0.2) is 43.2 Å². The van der Waals surface area contributed by atoms with Gasteiger partial charge >= 0.3 is 0 Å². The second-order valence-electron chi connectivity index (χ2n) is 5.51. The predicted octanol–water partition coefficient (Wildman–Crippen LogP) is 1.90. The molecule has 1 N–H and O–H groups in total. The lowest BCUT2D eigenvalue weighted by Gasteiger charge is -2.15. The molecule has 1 aromatic carbocycles. The van der Waals surface area contributed by atoms with E-state index in [0.717, 1.165) is 42.3 Å². The monoisotopic (exact) mass is 284 g/mol. The Morgan fingerprint density at radius 1 is 1.29 bits per heavy atom. The Morgan fingerprint density at radius 3 is 2.90 bits per heavy atom. The van der Waals surface area contributed by atoms with Gasteiger partial charge in [-0.3, -0.25) is 4.90 Å². The van der Waals surface area contributed by atoms with Crippen molar-refractivity contribution >= 4 is 11.0 Å². The highest BCUT2D eigenvalue weighted by Gasteiger charge is 2.07. The molecule has 0 saturated heterocycles. The van der Waals surface area contributed by atoms with Crippen LogP contribution in [0.1, 0.15) is 17.2 Å². The number of aromatic amines is 1. The summed E-state index contributed by atoms with van der Waals surface area (Å²) in [5, 5.41) is 7.89. The molecular weight excluding hydrogens is 264 g/mol. The number of aromatic nitrogens is 5. The number of H-pyrrole nitrogens is 1. The van der Waals surface area contributed by atoms with Gasteiger partial charge in [-0.1, -0.05) is 6.07 Å². The molecule has 6 nitrogen and oxygen atoms in total. The fourth-order valence-electron chi connectivity index (χ4n) is 2.40. The first kappa shape index (κ1) is 13.8. The number of fused-ring (bicyclic) bond motifs is 1. The smallest absolute Gasteiger partial charge is 0.129 e. The predicted molar refractivity (Wildman–Crippen MR) is 81.9 cm³/mol. The van der Waals surface area contributed by atoms with Gasteiger partial charge in [0.15, 0.2) is 0 Å². The van der Waals surface area contributed by atoms with Crippen molar-refractivity contribution < 1.29 is 0 Å². The second-order valence-corrected chi connectivity index (χ2v) is 5.51.